The zero-order chi connectivity index (χ0) is 19.6. The number of likely N-dealkylation sites (N-methyl/N-ethyl adjacent to an activating group) is 1. The van der Waals surface area contributed by atoms with Gasteiger partial charge in [0.25, 0.3) is 6.47 Å². The summed E-state index contributed by atoms with van der Waals surface area (Å²) in [5.41, 5.74) is -0.318. The SMILES string of the molecule is C=CC1CN(C)CC1NC(=O)C(F)(F)F.CC.CC(C)(C)OC=O. The maximum Gasteiger partial charge on any atom is 0.471 e. The molecule has 0 bridgehead atoms. The molecule has 1 aliphatic heterocycles. The van der Waals surface area contributed by atoms with Crippen molar-refractivity contribution in [2.24, 2.45) is 5.92 Å². The molecule has 1 fully saturated rings. The van der Waals surface area contributed by atoms with Gasteiger partial charge in [0.2, 0.25) is 0 Å². The minimum Gasteiger partial charge on any atom is -0.462 e. The van der Waals surface area contributed by atoms with Gasteiger partial charge in [-0.2, -0.15) is 13.2 Å². The van der Waals surface area contributed by atoms with E-state index in [-0.39, 0.29) is 11.5 Å². The second-order valence-corrected chi connectivity index (χ2v) is 6.02. The lowest BCUT2D eigenvalue weighted by Crippen LogP contribution is -2.46. The van der Waals surface area contributed by atoms with Crippen molar-refractivity contribution in [2.45, 2.75) is 52.4 Å². The lowest BCUT2D eigenvalue weighted by Gasteiger charge is -2.17. The molecule has 0 aromatic carbocycles. The van der Waals surface area contributed by atoms with Crippen molar-refractivity contribution in [3.8, 4) is 0 Å². The van der Waals surface area contributed by atoms with Gasteiger partial charge in [0.05, 0.1) is 0 Å². The summed E-state index contributed by atoms with van der Waals surface area (Å²) in [7, 11) is 1.79. The fourth-order valence-electron chi connectivity index (χ4n) is 1.82. The molecule has 1 aliphatic rings. The van der Waals surface area contributed by atoms with Crippen LogP contribution in [0.3, 0.4) is 0 Å². The van der Waals surface area contributed by atoms with Gasteiger partial charge in [0, 0.05) is 25.0 Å². The molecule has 0 saturated carbocycles. The highest BCUT2D eigenvalue weighted by molar-refractivity contribution is 5.82. The summed E-state index contributed by atoms with van der Waals surface area (Å²) in [5.74, 6) is -2.00. The normalized spacial score (nSPS) is 20.7. The first-order chi connectivity index (χ1) is 10.9. The van der Waals surface area contributed by atoms with Crippen molar-refractivity contribution in [2.75, 3.05) is 20.1 Å². The number of rotatable bonds is 3. The first-order valence-corrected chi connectivity index (χ1v) is 7.71. The molecule has 1 N–H and O–H groups in total. The first-order valence-electron chi connectivity index (χ1n) is 7.71. The summed E-state index contributed by atoms with van der Waals surface area (Å²) >= 11 is 0. The van der Waals surface area contributed by atoms with Gasteiger partial charge < -0.3 is 15.0 Å². The van der Waals surface area contributed by atoms with E-state index in [2.05, 4.69) is 11.3 Å². The molecule has 0 aromatic rings. The van der Waals surface area contributed by atoms with Crippen LogP contribution in [0.15, 0.2) is 12.7 Å². The molecule has 0 aliphatic carbocycles. The van der Waals surface area contributed by atoms with Crippen molar-refractivity contribution in [1.29, 1.82) is 0 Å². The Labute approximate surface area is 142 Å². The Hall–Kier alpha value is -1.57. The standard InChI is InChI=1S/C9H13F3N2O.C5H10O2.C2H6/c1-3-6-4-14(2)5-7(6)13-8(15)9(10,11)12;1-5(2,3)7-4-6;1-2/h3,6-7H,1,4-5H2,2H3,(H,13,15);4H,1-3H3;1-2H3. The maximum atomic E-state index is 12.0. The predicted molar refractivity (Wildman–Crippen MR) is 87.4 cm³/mol. The number of halogens is 3. The molecule has 2 atom stereocenters. The van der Waals surface area contributed by atoms with Crippen LogP contribution < -0.4 is 5.32 Å². The lowest BCUT2D eigenvalue weighted by molar-refractivity contribution is -0.174. The van der Waals surface area contributed by atoms with Gasteiger partial charge in [-0.3, -0.25) is 9.59 Å². The topological polar surface area (TPSA) is 58.6 Å². The Bertz CT molecular complexity index is 393. The second kappa shape index (κ2) is 11.1. The highest BCUT2D eigenvalue weighted by Crippen LogP contribution is 2.19. The molecule has 1 rings (SSSR count). The minimum absolute atomic E-state index is 0.124. The molecule has 142 valence electrons. The van der Waals surface area contributed by atoms with Crippen LogP contribution in [0, 0.1) is 5.92 Å². The van der Waals surface area contributed by atoms with Crippen LogP contribution in [0.4, 0.5) is 13.2 Å². The summed E-state index contributed by atoms with van der Waals surface area (Å²) in [5, 5.41) is 1.97. The van der Waals surface area contributed by atoms with Crippen LogP contribution >= 0.6 is 0 Å². The molecule has 1 heterocycles. The number of nitrogens with zero attached hydrogens (tertiary/aromatic N) is 1. The van der Waals surface area contributed by atoms with Crippen LogP contribution in [0.25, 0.3) is 0 Å². The number of ether oxygens (including phenoxy) is 1. The Kier molecular flexibility index (Phi) is 11.4. The largest absolute Gasteiger partial charge is 0.471 e. The Morgan fingerprint density at radius 3 is 2.04 bits per heavy atom. The van der Waals surface area contributed by atoms with E-state index in [9.17, 15) is 22.8 Å². The molecule has 0 spiro atoms. The molecule has 24 heavy (non-hydrogen) atoms. The van der Waals surface area contributed by atoms with Crippen LogP contribution in [0.1, 0.15) is 34.6 Å². The van der Waals surface area contributed by atoms with Crippen molar-refractivity contribution in [3.63, 3.8) is 0 Å². The first kappa shape index (κ1) is 24.7. The van der Waals surface area contributed by atoms with E-state index in [1.54, 1.807) is 13.1 Å². The number of hydrogen-bond acceptors (Lipinski definition) is 4. The highest BCUT2D eigenvalue weighted by atomic mass is 19.4. The average Bonchev–Trinajstić information content (AvgIpc) is 2.79. The Balaban J connectivity index is 0. The minimum atomic E-state index is -4.81. The number of likely N-dealkylation sites (tertiary alicyclic amines) is 1. The number of nitrogens with one attached hydrogen (secondary N) is 1. The zero-order valence-electron chi connectivity index (χ0n) is 15.2. The van der Waals surface area contributed by atoms with Crippen molar-refractivity contribution in [1.82, 2.24) is 10.2 Å². The van der Waals surface area contributed by atoms with Gasteiger partial charge in [-0.05, 0) is 27.8 Å². The number of hydrogen-bond donors (Lipinski definition) is 1. The van der Waals surface area contributed by atoms with Gasteiger partial charge in [0.15, 0.2) is 0 Å². The predicted octanol–water partition coefficient (Wildman–Crippen LogP) is 2.77. The number of alkyl halides is 3. The highest BCUT2D eigenvalue weighted by Gasteiger charge is 2.41. The molecule has 1 saturated heterocycles. The summed E-state index contributed by atoms with van der Waals surface area (Å²) in [6.07, 6.45) is -3.24. The molecule has 1 amide bonds. The quantitative estimate of drug-likeness (QED) is 0.625. The molecular formula is C16H29F3N2O3. The number of amides is 1. The van der Waals surface area contributed by atoms with E-state index in [0.717, 1.165) is 0 Å². The van der Waals surface area contributed by atoms with Gasteiger partial charge in [-0.25, -0.2) is 0 Å². The van der Waals surface area contributed by atoms with Crippen molar-refractivity contribution in [3.05, 3.63) is 12.7 Å². The third kappa shape index (κ3) is 11.0. The van der Waals surface area contributed by atoms with E-state index in [4.69, 9.17) is 0 Å². The fraction of sp³-hybridized carbons (Fsp3) is 0.750. The lowest BCUT2D eigenvalue weighted by atomic mass is 10.0. The van der Waals surface area contributed by atoms with Crippen LogP contribution in [-0.4, -0.2) is 55.2 Å². The van der Waals surface area contributed by atoms with Crippen LogP contribution in [0.2, 0.25) is 0 Å². The molecular weight excluding hydrogens is 325 g/mol. The van der Waals surface area contributed by atoms with Crippen LogP contribution in [-0.2, 0) is 14.3 Å². The second-order valence-electron chi connectivity index (χ2n) is 6.02. The molecule has 0 radical (unpaired) electrons. The van der Waals surface area contributed by atoms with Crippen LogP contribution in [0.5, 0.6) is 0 Å². The zero-order valence-corrected chi connectivity index (χ0v) is 15.2. The van der Waals surface area contributed by atoms with Gasteiger partial charge >= 0.3 is 12.1 Å². The average molecular weight is 354 g/mol. The van der Waals surface area contributed by atoms with E-state index >= 15 is 0 Å². The summed E-state index contributed by atoms with van der Waals surface area (Å²) in [4.78, 5) is 22.2. The molecule has 5 nitrogen and oxygen atoms in total. The third-order valence-electron chi connectivity index (χ3n) is 2.83. The van der Waals surface area contributed by atoms with E-state index in [1.165, 1.54) is 0 Å². The smallest absolute Gasteiger partial charge is 0.462 e. The van der Waals surface area contributed by atoms with E-state index in [0.29, 0.717) is 19.6 Å². The van der Waals surface area contributed by atoms with Gasteiger partial charge in [-0.1, -0.05) is 19.9 Å². The summed E-state index contributed by atoms with van der Waals surface area (Å²) < 4.78 is 40.5. The monoisotopic (exact) mass is 354 g/mol. The van der Waals surface area contributed by atoms with Gasteiger partial charge in [0.1, 0.15) is 5.60 Å². The number of carbonyl (C=O) groups excluding carboxylic acids is 2. The van der Waals surface area contributed by atoms with Crippen molar-refractivity contribution < 1.29 is 27.5 Å². The van der Waals surface area contributed by atoms with Gasteiger partial charge in [-0.15, -0.1) is 6.58 Å². The summed E-state index contributed by atoms with van der Waals surface area (Å²) in [6, 6.07) is -0.498. The van der Waals surface area contributed by atoms with E-state index in [1.807, 2.05) is 44.8 Å². The molecule has 0 aromatic heterocycles. The van der Waals surface area contributed by atoms with Crippen molar-refractivity contribution >= 4 is 12.4 Å². The van der Waals surface area contributed by atoms with E-state index < -0.39 is 18.1 Å². The molecule has 2 unspecified atom stereocenters. The Morgan fingerprint density at radius 1 is 1.25 bits per heavy atom. The third-order valence-corrected chi connectivity index (χ3v) is 2.83. The molecule has 8 heteroatoms. The number of carbonyl (C=O) groups is 2. The summed E-state index contributed by atoms with van der Waals surface area (Å²) in [6.45, 7) is 14.5. The maximum absolute atomic E-state index is 12.0. The Morgan fingerprint density at radius 2 is 1.75 bits per heavy atom. The fourth-order valence-corrected chi connectivity index (χ4v) is 1.82.